The maximum Gasteiger partial charge on any atom is 0.281 e. The van der Waals surface area contributed by atoms with Crippen molar-refractivity contribution in [2.24, 2.45) is 0 Å². The average Bonchev–Trinajstić information content (AvgIpc) is 2.81. The number of anilines is 1. The number of halogens is 1. The molecular formula is C18H15FN2OS. The zero-order chi connectivity index (χ0) is 16.4. The first-order valence-electron chi connectivity index (χ1n) is 7.30. The second-order valence-electron chi connectivity index (χ2n) is 5.17. The van der Waals surface area contributed by atoms with Crippen molar-refractivity contribution in [3.8, 4) is 0 Å². The fourth-order valence-corrected chi connectivity index (χ4v) is 2.84. The average molecular weight is 326 g/mol. The van der Waals surface area contributed by atoms with Gasteiger partial charge < -0.3 is 5.32 Å². The summed E-state index contributed by atoms with van der Waals surface area (Å²) in [7, 11) is 0. The van der Waals surface area contributed by atoms with Gasteiger partial charge in [-0.2, -0.15) is 0 Å². The molecule has 1 aliphatic rings. The fourth-order valence-electron chi connectivity index (χ4n) is 2.54. The van der Waals surface area contributed by atoms with E-state index in [1.807, 2.05) is 31.2 Å². The molecular weight excluding hydrogens is 311 g/mol. The number of nitrogens with one attached hydrogen (secondary N) is 1. The second kappa shape index (κ2) is 6.30. The van der Waals surface area contributed by atoms with Crippen molar-refractivity contribution in [2.75, 3.05) is 4.90 Å². The molecule has 1 heterocycles. The molecule has 0 unspecified atom stereocenters. The molecule has 1 saturated heterocycles. The Morgan fingerprint density at radius 3 is 2.74 bits per heavy atom. The van der Waals surface area contributed by atoms with Crippen LogP contribution >= 0.6 is 12.2 Å². The van der Waals surface area contributed by atoms with Gasteiger partial charge >= 0.3 is 0 Å². The summed E-state index contributed by atoms with van der Waals surface area (Å²) in [5, 5.41) is 3.25. The van der Waals surface area contributed by atoms with E-state index in [9.17, 15) is 9.18 Å². The van der Waals surface area contributed by atoms with Gasteiger partial charge in [0.15, 0.2) is 5.11 Å². The highest BCUT2D eigenvalue weighted by Crippen LogP contribution is 2.26. The van der Waals surface area contributed by atoms with Gasteiger partial charge in [-0.3, -0.25) is 9.69 Å². The van der Waals surface area contributed by atoms with Gasteiger partial charge in [0.2, 0.25) is 0 Å². The lowest BCUT2D eigenvalue weighted by atomic mass is 10.1. The van der Waals surface area contributed by atoms with Crippen LogP contribution in [0.5, 0.6) is 0 Å². The number of para-hydroxylation sites is 1. The Kier molecular flexibility index (Phi) is 4.21. The Labute approximate surface area is 139 Å². The van der Waals surface area contributed by atoms with Crippen molar-refractivity contribution in [2.45, 2.75) is 13.3 Å². The summed E-state index contributed by atoms with van der Waals surface area (Å²) in [6.45, 7) is 2.03. The molecule has 0 atom stereocenters. The molecule has 2 aromatic carbocycles. The number of amides is 1. The van der Waals surface area contributed by atoms with E-state index in [1.54, 1.807) is 18.2 Å². The number of benzene rings is 2. The van der Waals surface area contributed by atoms with Crippen molar-refractivity contribution < 1.29 is 9.18 Å². The van der Waals surface area contributed by atoms with Gasteiger partial charge in [-0.25, -0.2) is 4.39 Å². The highest BCUT2D eigenvalue weighted by atomic mass is 32.1. The van der Waals surface area contributed by atoms with Gasteiger partial charge in [0.05, 0.1) is 5.69 Å². The molecule has 1 amide bonds. The van der Waals surface area contributed by atoms with Crippen molar-refractivity contribution >= 4 is 35.0 Å². The van der Waals surface area contributed by atoms with E-state index in [0.717, 1.165) is 17.7 Å². The Hall–Kier alpha value is -2.53. The van der Waals surface area contributed by atoms with E-state index in [4.69, 9.17) is 12.2 Å². The number of aryl methyl sites for hydroxylation is 1. The summed E-state index contributed by atoms with van der Waals surface area (Å²) in [5.74, 6) is -0.583. The Balaban J connectivity index is 1.97. The Morgan fingerprint density at radius 2 is 2.00 bits per heavy atom. The van der Waals surface area contributed by atoms with Crippen molar-refractivity contribution in [3.63, 3.8) is 0 Å². The number of thiocarbonyl (C=S) groups is 1. The summed E-state index contributed by atoms with van der Waals surface area (Å²) in [6, 6.07) is 13.7. The van der Waals surface area contributed by atoms with Gasteiger partial charge in [-0.1, -0.05) is 37.3 Å². The zero-order valence-corrected chi connectivity index (χ0v) is 13.4. The largest absolute Gasteiger partial charge is 0.327 e. The molecule has 1 N–H and O–H groups in total. The van der Waals surface area contributed by atoms with Crippen LogP contribution in [0.4, 0.5) is 10.1 Å². The van der Waals surface area contributed by atoms with Gasteiger partial charge in [-0.15, -0.1) is 0 Å². The van der Waals surface area contributed by atoms with E-state index in [2.05, 4.69) is 5.32 Å². The molecule has 2 aromatic rings. The highest BCUT2D eigenvalue weighted by Gasteiger charge is 2.32. The predicted octanol–water partition coefficient (Wildman–Crippen LogP) is 3.65. The van der Waals surface area contributed by atoms with Crippen LogP contribution in [0, 0.1) is 5.82 Å². The second-order valence-corrected chi connectivity index (χ2v) is 5.55. The molecule has 0 radical (unpaired) electrons. The quantitative estimate of drug-likeness (QED) is 0.690. The van der Waals surface area contributed by atoms with Crippen LogP contribution in [0.25, 0.3) is 6.08 Å². The lowest BCUT2D eigenvalue weighted by molar-refractivity contribution is -0.113. The molecule has 0 aliphatic carbocycles. The molecule has 0 aromatic heterocycles. The number of hydrogen-bond acceptors (Lipinski definition) is 2. The number of rotatable bonds is 3. The molecule has 3 rings (SSSR count). The van der Waals surface area contributed by atoms with Crippen LogP contribution in [0.2, 0.25) is 0 Å². The van der Waals surface area contributed by atoms with E-state index in [1.165, 1.54) is 17.0 Å². The molecule has 1 fully saturated rings. The summed E-state index contributed by atoms with van der Waals surface area (Å²) < 4.78 is 13.3. The lowest BCUT2D eigenvalue weighted by Crippen LogP contribution is -2.31. The molecule has 1 aliphatic heterocycles. The van der Waals surface area contributed by atoms with E-state index >= 15 is 0 Å². The minimum absolute atomic E-state index is 0.236. The van der Waals surface area contributed by atoms with Crippen LogP contribution in [-0.4, -0.2) is 11.0 Å². The van der Waals surface area contributed by atoms with Gasteiger partial charge in [0.1, 0.15) is 11.5 Å². The molecule has 0 saturated carbocycles. The molecule has 5 heteroatoms. The number of hydrogen-bond donors (Lipinski definition) is 1. The number of nitrogens with zero attached hydrogens (tertiary/aromatic N) is 1. The van der Waals surface area contributed by atoms with Gasteiger partial charge in [0.25, 0.3) is 5.91 Å². The summed E-state index contributed by atoms with van der Waals surface area (Å²) in [5.41, 5.74) is 2.76. The van der Waals surface area contributed by atoms with Crippen molar-refractivity contribution in [1.29, 1.82) is 0 Å². The fraction of sp³-hybridized carbons (Fsp3) is 0.111. The maximum absolute atomic E-state index is 13.3. The maximum atomic E-state index is 13.3. The Morgan fingerprint density at radius 1 is 1.22 bits per heavy atom. The standard InChI is InChI=1S/C18H15FN2OS/c1-2-13-7-3-4-9-16(13)21-17(22)15(20-18(21)23)11-12-6-5-8-14(19)10-12/h3-11H,2H2,1H3,(H,20,23)/b15-11+. The smallest absolute Gasteiger partial charge is 0.281 e. The minimum atomic E-state index is -0.347. The SMILES string of the molecule is CCc1ccccc1N1C(=O)/C(=C\c2cccc(F)c2)NC1=S. The highest BCUT2D eigenvalue weighted by molar-refractivity contribution is 7.80. The summed E-state index contributed by atoms with van der Waals surface area (Å²) in [4.78, 5) is 14.2. The monoisotopic (exact) mass is 326 g/mol. The van der Waals surface area contributed by atoms with Crippen LogP contribution < -0.4 is 10.2 Å². The third kappa shape index (κ3) is 3.00. The molecule has 0 spiro atoms. The first-order chi connectivity index (χ1) is 11.1. The third-order valence-electron chi connectivity index (χ3n) is 3.65. The van der Waals surface area contributed by atoms with Crippen LogP contribution in [-0.2, 0) is 11.2 Å². The zero-order valence-electron chi connectivity index (χ0n) is 12.5. The van der Waals surface area contributed by atoms with E-state index < -0.39 is 0 Å². The summed E-state index contributed by atoms with van der Waals surface area (Å²) >= 11 is 5.31. The number of carbonyl (C=O) groups is 1. The lowest BCUT2D eigenvalue weighted by Gasteiger charge is -2.17. The third-order valence-corrected chi connectivity index (χ3v) is 3.94. The first kappa shape index (κ1) is 15.4. The van der Waals surface area contributed by atoms with Crippen LogP contribution in [0.3, 0.4) is 0 Å². The van der Waals surface area contributed by atoms with E-state index in [0.29, 0.717) is 16.4 Å². The summed E-state index contributed by atoms with van der Waals surface area (Å²) in [6.07, 6.45) is 2.40. The van der Waals surface area contributed by atoms with Crippen LogP contribution in [0.15, 0.2) is 54.2 Å². The van der Waals surface area contributed by atoms with Crippen LogP contribution in [0.1, 0.15) is 18.1 Å². The molecule has 116 valence electrons. The first-order valence-corrected chi connectivity index (χ1v) is 7.71. The predicted molar refractivity (Wildman–Crippen MR) is 93.4 cm³/mol. The topological polar surface area (TPSA) is 32.3 Å². The molecule has 23 heavy (non-hydrogen) atoms. The minimum Gasteiger partial charge on any atom is -0.327 e. The van der Waals surface area contributed by atoms with E-state index in [-0.39, 0.29) is 11.7 Å². The van der Waals surface area contributed by atoms with Gasteiger partial charge in [-0.05, 0) is 54.0 Å². The van der Waals surface area contributed by atoms with Crippen molar-refractivity contribution in [3.05, 3.63) is 71.2 Å². The Bertz CT molecular complexity index is 816. The van der Waals surface area contributed by atoms with Gasteiger partial charge in [0, 0.05) is 0 Å². The number of carbonyl (C=O) groups excluding carboxylic acids is 1. The normalized spacial score (nSPS) is 16.1. The van der Waals surface area contributed by atoms with Crippen molar-refractivity contribution in [1.82, 2.24) is 5.32 Å². The molecule has 3 nitrogen and oxygen atoms in total. The molecule has 0 bridgehead atoms.